The number of anilines is 1. The van der Waals surface area contributed by atoms with Crippen LogP contribution in [0.1, 0.15) is 18.4 Å². The van der Waals surface area contributed by atoms with Gasteiger partial charge < -0.3 is 20.1 Å². The molecular formula is C19H26N4O2. The second-order valence-electron chi connectivity index (χ2n) is 6.43. The van der Waals surface area contributed by atoms with E-state index < -0.39 is 6.10 Å². The molecular weight excluding hydrogens is 316 g/mol. The summed E-state index contributed by atoms with van der Waals surface area (Å²) in [6.07, 6.45) is 3.40. The number of aliphatic hydroxyl groups is 1. The van der Waals surface area contributed by atoms with Gasteiger partial charge in [0.2, 0.25) is 0 Å². The summed E-state index contributed by atoms with van der Waals surface area (Å²) in [5.41, 5.74) is 1.12. The summed E-state index contributed by atoms with van der Waals surface area (Å²) < 4.78 is 5.59. The van der Waals surface area contributed by atoms with Gasteiger partial charge in [0, 0.05) is 31.9 Å². The third-order valence-electron chi connectivity index (χ3n) is 4.37. The molecule has 1 aliphatic heterocycles. The van der Waals surface area contributed by atoms with Gasteiger partial charge in [0.25, 0.3) is 0 Å². The summed E-state index contributed by atoms with van der Waals surface area (Å²) >= 11 is 0. The van der Waals surface area contributed by atoms with Gasteiger partial charge in [-0.3, -0.25) is 0 Å². The molecule has 0 unspecified atom stereocenters. The zero-order valence-corrected chi connectivity index (χ0v) is 14.4. The Morgan fingerprint density at radius 3 is 2.92 bits per heavy atom. The number of hydrogen-bond donors (Lipinski definition) is 2. The third-order valence-corrected chi connectivity index (χ3v) is 4.37. The summed E-state index contributed by atoms with van der Waals surface area (Å²) in [4.78, 5) is 2.24. The number of rotatable bonds is 8. The highest BCUT2D eigenvalue weighted by atomic mass is 16.5. The van der Waals surface area contributed by atoms with Crippen molar-refractivity contribution in [2.24, 2.45) is 0 Å². The minimum Gasteiger partial charge on any atom is -0.389 e. The predicted molar refractivity (Wildman–Crippen MR) is 97.4 cm³/mol. The average molecular weight is 342 g/mol. The van der Waals surface area contributed by atoms with Crippen molar-refractivity contribution in [3.63, 3.8) is 0 Å². The van der Waals surface area contributed by atoms with Crippen molar-refractivity contribution < 1.29 is 9.84 Å². The fourth-order valence-corrected chi connectivity index (χ4v) is 3.06. The largest absolute Gasteiger partial charge is 0.389 e. The van der Waals surface area contributed by atoms with Crippen LogP contribution >= 0.6 is 0 Å². The Labute approximate surface area is 148 Å². The van der Waals surface area contributed by atoms with Gasteiger partial charge in [-0.15, -0.1) is 5.10 Å². The fraction of sp³-hybridized carbons (Fsp3) is 0.474. The first-order valence-corrected chi connectivity index (χ1v) is 8.87. The molecule has 6 heteroatoms. The van der Waals surface area contributed by atoms with Crippen LogP contribution in [0.15, 0.2) is 48.7 Å². The Morgan fingerprint density at radius 1 is 1.24 bits per heavy atom. The molecule has 134 valence electrons. The highest BCUT2D eigenvalue weighted by Crippen LogP contribution is 2.16. The average Bonchev–Trinajstić information content (AvgIpc) is 2.68. The number of nitrogens with one attached hydrogen (secondary N) is 1. The number of ether oxygens (including phenoxy) is 1. The van der Waals surface area contributed by atoms with Crippen molar-refractivity contribution in [1.29, 1.82) is 0 Å². The fourth-order valence-electron chi connectivity index (χ4n) is 3.06. The number of benzene rings is 1. The topological polar surface area (TPSA) is 70.5 Å². The molecule has 0 aliphatic carbocycles. The maximum absolute atomic E-state index is 10.1. The molecule has 1 saturated heterocycles. The van der Waals surface area contributed by atoms with Crippen LogP contribution in [-0.2, 0) is 11.3 Å². The maximum atomic E-state index is 10.1. The first kappa shape index (κ1) is 17.8. The summed E-state index contributed by atoms with van der Waals surface area (Å²) in [5.74, 6) is 0.917. The monoisotopic (exact) mass is 342 g/mol. The Balaban J connectivity index is 1.36. The molecule has 3 rings (SSSR count). The summed E-state index contributed by atoms with van der Waals surface area (Å²) in [6.45, 7) is 3.29. The van der Waals surface area contributed by atoms with E-state index in [9.17, 15) is 5.11 Å². The van der Waals surface area contributed by atoms with Crippen LogP contribution in [-0.4, -0.2) is 53.7 Å². The van der Waals surface area contributed by atoms with Gasteiger partial charge >= 0.3 is 0 Å². The molecule has 1 fully saturated rings. The number of aliphatic hydroxyl groups excluding tert-OH is 1. The molecule has 2 atom stereocenters. The number of aromatic nitrogens is 2. The molecule has 1 aliphatic rings. The van der Waals surface area contributed by atoms with E-state index in [1.54, 1.807) is 6.20 Å². The standard InChI is InChI=1S/C19H26N4O2/c24-18(15-25-14-16-6-2-1-3-7-16)12-20-17-8-5-11-23(13-17)19-9-4-10-21-22-19/h1-4,6-7,9-10,17-18,20,24H,5,8,11-15H2/t17-,18-/m1/s1. The molecule has 2 aromatic rings. The van der Waals surface area contributed by atoms with Gasteiger partial charge in [0.05, 0.1) is 19.3 Å². The van der Waals surface area contributed by atoms with Crippen LogP contribution < -0.4 is 10.2 Å². The molecule has 0 spiro atoms. The van der Waals surface area contributed by atoms with E-state index in [0.717, 1.165) is 37.3 Å². The zero-order valence-electron chi connectivity index (χ0n) is 14.4. The third kappa shape index (κ3) is 5.77. The lowest BCUT2D eigenvalue weighted by Gasteiger charge is -2.34. The van der Waals surface area contributed by atoms with Gasteiger partial charge in [-0.05, 0) is 30.5 Å². The first-order chi connectivity index (χ1) is 12.3. The van der Waals surface area contributed by atoms with Crippen LogP contribution in [0.3, 0.4) is 0 Å². The van der Waals surface area contributed by atoms with Crippen LogP contribution in [0.2, 0.25) is 0 Å². The summed E-state index contributed by atoms with van der Waals surface area (Å²) in [6, 6.07) is 14.2. The Kier molecular flexibility index (Phi) is 6.73. The molecule has 1 aromatic heterocycles. The van der Waals surface area contributed by atoms with Crippen molar-refractivity contribution in [2.75, 3.05) is 31.1 Å². The van der Waals surface area contributed by atoms with Gasteiger partial charge in [0.15, 0.2) is 5.82 Å². The van der Waals surface area contributed by atoms with Gasteiger partial charge in [0.1, 0.15) is 0 Å². The SMILES string of the molecule is O[C@H](CN[C@@H]1CCCN(c2cccnn2)C1)COCc1ccccc1. The smallest absolute Gasteiger partial charge is 0.151 e. The lowest BCUT2D eigenvalue weighted by atomic mass is 10.1. The second-order valence-corrected chi connectivity index (χ2v) is 6.43. The highest BCUT2D eigenvalue weighted by Gasteiger charge is 2.21. The van der Waals surface area contributed by atoms with Crippen molar-refractivity contribution in [3.05, 3.63) is 54.2 Å². The lowest BCUT2D eigenvalue weighted by molar-refractivity contribution is 0.0274. The van der Waals surface area contributed by atoms with Crippen LogP contribution in [0.4, 0.5) is 5.82 Å². The summed E-state index contributed by atoms with van der Waals surface area (Å²) in [7, 11) is 0. The maximum Gasteiger partial charge on any atom is 0.151 e. The predicted octanol–water partition coefficient (Wildman–Crippen LogP) is 1.61. The van der Waals surface area contributed by atoms with Crippen LogP contribution in [0, 0.1) is 0 Å². The molecule has 0 radical (unpaired) electrons. The number of hydrogen-bond acceptors (Lipinski definition) is 6. The Bertz CT molecular complexity index is 611. The zero-order chi connectivity index (χ0) is 17.3. The van der Waals surface area contributed by atoms with E-state index in [1.807, 2.05) is 42.5 Å². The van der Waals surface area contributed by atoms with Crippen molar-refractivity contribution in [3.8, 4) is 0 Å². The first-order valence-electron chi connectivity index (χ1n) is 8.87. The van der Waals surface area contributed by atoms with Gasteiger partial charge in [-0.25, -0.2) is 0 Å². The minimum atomic E-state index is -0.504. The molecule has 2 heterocycles. The van der Waals surface area contributed by atoms with Crippen molar-refractivity contribution >= 4 is 5.82 Å². The molecule has 25 heavy (non-hydrogen) atoms. The van der Waals surface area contributed by atoms with E-state index in [0.29, 0.717) is 25.8 Å². The van der Waals surface area contributed by atoms with Crippen LogP contribution in [0.5, 0.6) is 0 Å². The molecule has 2 N–H and O–H groups in total. The number of nitrogens with zero attached hydrogens (tertiary/aromatic N) is 3. The normalized spacial score (nSPS) is 18.9. The molecule has 6 nitrogen and oxygen atoms in total. The van der Waals surface area contributed by atoms with Crippen molar-refractivity contribution in [2.45, 2.75) is 31.6 Å². The van der Waals surface area contributed by atoms with Gasteiger partial charge in [-0.1, -0.05) is 30.3 Å². The Hall–Kier alpha value is -2.02. The molecule has 0 amide bonds. The van der Waals surface area contributed by atoms with E-state index in [-0.39, 0.29) is 0 Å². The quantitative estimate of drug-likeness (QED) is 0.760. The lowest BCUT2D eigenvalue weighted by Crippen LogP contribution is -2.48. The van der Waals surface area contributed by atoms with E-state index in [2.05, 4.69) is 20.4 Å². The van der Waals surface area contributed by atoms with E-state index in [1.165, 1.54) is 0 Å². The second kappa shape index (κ2) is 9.46. The highest BCUT2D eigenvalue weighted by molar-refractivity contribution is 5.37. The van der Waals surface area contributed by atoms with E-state index in [4.69, 9.17) is 4.74 Å². The van der Waals surface area contributed by atoms with E-state index >= 15 is 0 Å². The molecule has 0 bridgehead atoms. The number of piperidine rings is 1. The van der Waals surface area contributed by atoms with Gasteiger partial charge in [-0.2, -0.15) is 5.10 Å². The van der Waals surface area contributed by atoms with Crippen LogP contribution in [0.25, 0.3) is 0 Å². The Morgan fingerprint density at radius 2 is 2.12 bits per heavy atom. The molecule has 0 saturated carbocycles. The van der Waals surface area contributed by atoms with Crippen molar-refractivity contribution in [1.82, 2.24) is 15.5 Å². The minimum absolute atomic E-state index is 0.336. The molecule has 1 aromatic carbocycles. The summed E-state index contributed by atoms with van der Waals surface area (Å²) in [5, 5.41) is 21.7.